The molecular formula is C13H17Cl2NO. The molecule has 0 radical (unpaired) electrons. The van der Waals surface area contributed by atoms with Crippen LogP contribution in [-0.2, 0) is 6.54 Å². The van der Waals surface area contributed by atoms with Crippen LogP contribution in [0.15, 0.2) is 18.2 Å². The molecule has 4 heteroatoms. The van der Waals surface area contributed by atoms with Crippen LogP contribution >= 0.6 is 23.2 Å². The van der Waals surface area contributed by atoms with E-state index in [4.69, 9.17) is 23.2 Å². The minimum absolute atomic E-state index is 0.109. The standard InChI is InChI=1S/C13H17Cl2NO/c14-10-1-6-13(15)9(7-10)8-16-11-2-4-12(17)5-3-11/h1,6-7,11-12,16-17H,2-5,8H2. The van der Waals surface area contributed by atoms with Crippen molar-refractivity contribution < 1.29 is 5.11 Å². The molecule has 0 saturated heterocycles. The highest BCUT2D eigenvalue weighted by atomic mass is 35.5. The van der Waals surface area contributed by atoms with E-state index in [1.807, 2.05) is 12.1 Å². The van der Waals surface area contributed by atoms with Crippen LogP contribution in [-0.4, -0.2) is 17.3 Å². The van der Waals surface area contributed by atoms with E-state index in [1.165, 1.54) is 0 Å². The molecular weight excluding hydrogens is 257 g/mol. The van der Waals surface area contributed by atoms with Crippen LogP contribution in [0.25, 0.3) is 0 Å². The molecule has 1 aromatic carbocycles. The zero-order valence-electron chi connectivity index (χ0n) is 9.63. The van der Waals surface area contributed by atoms with Crippen LogP contribution in [0.4, 0.5) is 0 Å². The number of hydrogen-bond acceptors (Lipinski definition) is 2. The molecule has 0 heterocycles. The Balaban J connectivity index is 1.87. The van der Waals surface area contributed by atoms with Gasteiger partial charge in [-0.15, -0.1) is 0 Å². The maximum absolute atomic E-state index is 9.43. The predicted octanol–water partition coefficient (Wildman–Crippen LogP) is 3.39. The third kappa shape index (κ3) is 3.85. The highest BCUT2D eigenvalue weighted by molar-refractivity contribution is 6.33. The number of nitrogens with one attached hydrogen (secondary N) is 1. The minimum atomic E-state index is -0.109. The maximum Gasteiger partial charge on any atom is 0.0541 e. The second-order valence-electron chi connectivity index (χ2n) is 4.62. The van der Waals surface area contributed by atoms with E-state index in [9.17, 15) is 5.11 Å². The van der Waals surface area contributed by atoms with Gasteiger partial charge in [0.05, 0.1) is 6.10 Å². The highest BCUT2D eigenvalue weighted by Crippen LogP contribution is 2.22. The fraction of sp³-hybridized carbons (Fsp3) is 0.538. The van der Waals surface area contributed by atoms with Crippen molar-refractivity contribution in [3.8, 4) is 0 Å². The van der Waals surface area contributed by atoms with Gasteiger partial charge in [-0.3, -0.25) is 0 Å². The summed E-state index contributed by atoms with van der Waals surface area (Å²) in [4.78, 5) is 0. The monoisotopic (exact) mass is 273 g/mol. The number of aliphatic hydroxyl groups is 1. The molecule has 0 unspecified atom stereocenters. The van der Waals surface area contributed by atoms with Crippen molar-refractivity contribution in [1.29, 1.82) is 0 Å². The van der Waals surface area contributed by atoms with Crippen LogP contribution in [0.5, 0.6) is 0 Å². The smallest absolute Gasteiger partial charge is 0.0541 e. The average molecular weight is 274 g/mol. The second kappa shape index (κ2) is 6.05. The number of rotatable bonds is 3. The second-order valence-corrected chi connectivity index (χ2v) is 5.47. The van der Waals surface area contributed by atoms with E-state index in [0.717, 1.165) is 42.8 Å². The van der Waals surface area contributed by atoms with Crippen molar-refractivity contribution in [2.45, 2.75) is 44.4 Å². The summed E-state index contributed by atoms with van der Waals surface area (Å²) in [5.41, 5.74) is 1.03. The first-order chi connectivity index (χ1) is 8.15. The fourth-order valence-corrected chi connectivity index (χ4v) is 2.59. The van der Waals surface area contributed by atoms with Gasteiger partial charge in [-0.2, -0.15) is 0 Å². The zero-order chi connectivity index (χ0) is 12.3. The lowest BCUT2D eigenvalue weighted by Crippen LogP contribution is -2.34. The fourth-order valence-electron chi connectivity index (χ4n) is 2.21. The Morgan fingerprint density at radius 3 is 2.59 bits per heavy atom. The van der Waals surface area contributed by atoms with Gasteiger partial charge in [-0.1, -0.05) is 23.2 Å². The van der Waals surface area contributed by atoms with Gasteiger partial charge in [0, 0.05) is 22.6 Å². The predicted molar refractivity (Wildman–Crippen MR) is 71.6 cm³/mol. The van der Waals surface area contributed by atoms with Crippen molar-refractivity contribution in [2.75, 3.05) is 0 Å². The molecule has 2 rings (SSSR count). The van der Waals surface area contributed by atoms with Crippen molar-refractivity contribution in [3.05, 3.63) is 33.8 Å². The van der Waals surface area contributed by atoms with Crippen molar-refractivity contribution in [1.82, 2.24) is 5.32 Å². The van der Waals surface area contributed by atoms with Crippen LogP contribution in [0, 0.1) is 0 Å². The van der Waals surface area contributed by atoms with E-state index >= 15 is 0 Å². The lowest BCUT2D eigenvalue weighted by molar-refractivity contribution is 0.116. The van der Waals surface area contributed by atoms with Crippen LogP contribution in [0.3, 0.4) is 0 Å². The Hall–Kier alpha value is -0.280. The Morgan fingerprint density at radius 1 is 1.18 bits per heavy atom. The van der Waals surface area contributed by atoms with Gasteiger partial charge < -0.3 is 10.4 Å². The summed E-state index contributed by atoms with van der Waals surface area (Å²) >= 11 is 12.0. The summed E-state index contributed by atoms with van der Waals surface area (Å²) in [6, 6.07) is 6.00. The molecule has 0 atom stereocenters. The zero-order valence-corrected chi connectivity index (χ0v) is 11.1. The van der Waals surface area contributed by atoms with Gasteiger partial charge in [-0.05, 0) is 49.4 Å². The van der Waals surface area contributed by atoms with E-state index in [2.05, 4.69) is 5.32 Å². The number of benzene rings is 1. The van der Waals surface area contributed by atoms with Crippen molar-refractivity contribution >= 4 is 23.2 Å². The maximum atomic E-state index is 9.43. The first kappa shape index (κ1) is 13.2. The Labute approximate surface area is 112 Å². The van der Waals surface area contributed by atoms with E-state index in [1.54, 1.807) is 6.07 Å². The molecule has 2 N–H and O–H groups in total. The Bertz CT molecular complexity index is 376. The summed E-state index contributed by atoms with van der Waals surface area (Å²) in [5, 5.41) is 14.4. The minimum Gasteiger partial charge on any atom is -0.393 e. The number of aliphatic hydroxyl groups excluding tert-OH is 1. The summed E-state index contributed by atoms with van der Waals surface area (Å²) in [5.74, 6) is 0. The molecule has 1 fully saturated rings. The van der Waals surface area contributed by atoms with Crippen LogP contribution in [0.1, 0.15) is 31.2 Å². The molecule has 1 aromatic rings. The highest BCUT2D eigenvalue weighted by Gasteiger charge is 2.18. The van der Waals surface area contributed by atoms with Gasteiger partial charge >= 0.3 is 0 Å². The van der Waals surface area contributed by atoms with Crippen molar-refractivity contribution in [3.63, 3.8) is 0 Å². The molecule has 1 aliphatic carbocycles. The molecule has 17 heavy (non-hydrogen) atoms. The molecule has 0 aliphatic heterocycles. The normalized spacial score (nSPS) is 24.9. The van der Waals surface area contributed by atoms with Crippen LogP contribution < -0.4 is 5.32 Å². The largest absolute Gasteiger partial charge is 0.393 e. The lowest BCUT2D eigenvalue weighted by Gasteiger charge is -2.26. The topological polar surface area (TPSA) is 32.3 Å². The Kier molecular flexibility index (Phi) is 4.69. The van der Waals surface area contributed by atoms with Gasteiger partial charge in [0.15, 0.2) is 0 Å². The van der Waals surface area contributed by atoms with E-state index in [-0.39, 0.29) is 6.10 Å². The molecule has 94 valence electrons. The molecule has 0 bridgehead atoms. The lowest BCUT2D eigenvalue weighted by atomic mass is 9.93. The SMILES string of the molecule is OC1CCC(NCc2cc(Cl)ccc2Cl)CC1. The average Bonchev–Trinajstić information content (AvgIpc) is 2.32. The molecule has 0 spiro atoms. The molecule has 2 nitrogen and oxygen atoms in total. The van der Waals surface area contributed by atoms with Gasteiger partial charge in [0.1, 0.15) is 0 Å². The van der Waals surface area contributed by atoms with Crippen LogP contribution in [0.2, 0.25) is 10.0 Å². The van der Waals surface area contributed by atoms with Gasteiger partial charge in [0.2, 0.25) is 0 Å². The molecule has 0 aromatic heterocycles. The Morgan fingerprint density at radius 2 is 1.88 bits per heavy atom. The number of halogens is 2. The third-order valence-electron chi connectivity index (χ3n) is 3.29. The summed E-state index contributed by atoms with van der Waals surface area (Å²) < 4.78 is 0. The van der Waals surface area contributed by atoms with Crippen molar-refractivity contribution in [2.24, 2.45) is 0 Å². The third-order valence-corrected chi connectivity index (χ3v) is 3.89. The van der Waals surface area contributed by atoms with E-state index < -0.39 is 0 Å². The molecule has 1 saturated carbocycles. The molecule has 0 amide bonds. The summed E-state index contributed by atoms with van der Waals surface area (Å²) in [6.07, 6.45) is 3.73. The molecule has 1 aliphatic rings. The summed E-state index contributed by atoms with van der Waals surface area (Å²) in [7, 11) is 0. The first-order valence-electron chi connectivity index (χ1n) is 6.00. The van der Waals surface area contributed by atoms with Gasteiger partial charge in [0.25, 0.3) is 0 Å². The van der Waals surface area contributed by atoms with E-state index in [0.29, 0.717) is 11.1 Å². The summed E-state index contributed by atoms with van der Waals surface area (Å²) in [6.45, 7) is 0.736. The first-order valence-corrected chi connectivity index (χ1v) is 6.76. The number of hydrogen-bond donors (Lipinski definition) is 2. The van der Waals surface area contributed by atoms with Gasteiger partial charge in [-0.25, -0.2) is 0 Å². The quantitative estimate of drug-likeness (QED) is 0.885.